The lowest BCUT2D eigenvalue weighted by molar-refractivity contribution is 1.18. The molecule has 0 spiro atoms. The average molecular weight is 830 g/mol. The number of rotatable bonds is 10. The van der Waals surface area contributed by atoms with E-state index in [4.69, 9.17) is 0 Å². The molecule has 0 aliphatic heterocycles. The fraction of sp³-hybridized carbons (Fsp3) is 0. The Morgan fingerprint density at radius 1 is 0.323 bits per heavy atom. The first-order chi connectivity index (χ1) is 32.2. The van der Waals surface area contributed by atoms with E-state index in [2.05, 4.69) is 275 Å². The maximum absolute atomic E-state index is 2.43. The Bertz CT molecular complexity index is 3580. The van der Waals surface area contributed by atoms with Crippen LogP contribution in [-0.4, -0.2) is 4.57 Å². The van der Waals surface area contributed by atoms with Crippen LogP contribution in [0, 0.1) is 0 Å². The van der Waals surface area contributed by atoms with Crippen molar-refractivity contribution in [3.8, 4) is 16.8 Å². The molecule has 0 aliphatic rings. The summed E-state index contributed by atoms with van der Waals surface area (Å²) in [5, 5.41) is 7.51. The highest BCUT2D eigenvalue weighted by molar-refractivity contribution is 6.27. The van der Waals surface area contributed by atoms with Crippen molar-refractivity contribution in [1.82, 2.24) is 4.57 Å². The zero-order valence-electron chi connectivity index (χ0n) is 35.7. The van der Waals surface area contributed by atoms with Gasteiger partial charge in [0.1, 0.15) is 0 Å². The zero-order chi connectivity index (χ0) is 43.1. The van der Waals surface area contributed by atoms with Gasteiger partial charge >= 0.3 is 0 Å². The van der Waals surface area contributed by atoms with E-state index < -0.39 is 0 Å². The maximum atomic E-state index is 2.43. The first-order valence-electron chi connectivity index (χ1n) is 22.3. The number of hydrogen-bond donors (Lipinski definition) is 0. The lowest BCUT2D eigenvalue weighted by Crippen LogP contribution is -2.09. The Labute approximate surface area is 379 Å². The lowest BCUT2D eigenvalue weighted by atomic mass is 9.93. The molecular weight excluding hydrogens is 787 g/mol. The smallest absolute Gasteiger partial charge is 0.0547 e. The summed E-state index contributed by atoms with van der Waals surface area (Å²) in [5.41, 5.74) is 15.0. The summed E-state index contributed by atoms with van der Waals surface area (Å²) < 4.78 is 2.43. The average Bonchev–Trinajstić information content (AvgIpc) is 3.72. The molecule has 0 fully saturated rings. The summed E-state index contributed by atoms with van der Waals surface area (Å²) in [6.45, 7) is 0. The third-order valence-corrected chi connectivity index (χ3v) is 12.7. The molecule has 3 heteroatoms. The Morgan fingerprint density at radius 3 is 1.43 bits per heavy atom. The summed E-state index contributed by atoms with van der Waals surface area (Å²) in [7, 11) is 0. The lowest BCUT2D eigenvalue weighted by Gasteiger charge is -2.26. The minimum absolute atomic E-state index is 1.11. The van der Waals surface area contributed by atoms with Crippen molar-refractivity contribution in [2.24, 2.45) is 0 Å². The minimum atomic E-state index is 1.11. The van der Waals surface area contributed by atoms with Crippen molar-refractivity contribution in [2.75, 3.05) is 9.80 Å². The SMILES string of the molecule is C(=Cc1ccc2c3c1ccc1c(-c4ccc(N(c5ccccc5)c5ccccc5)cc4)ccc(c13)n2-c1ccccc1)c1ccc(N(c2ccccc2)c2ccc3ccccc3c2)cc1. The predicted octanol–water partition coefficient (Wildman–Crippen LogP) is 17.3. The first-order valence-corrected chi connectivity index (χ1v) is 22.3. The van der Waals surface area contributed by atoms with Gasteiger partial charge < -0.3 is 14.4 Å². The molecule has 1 aromatic heterocycles. The molecule has 0 saturated heterocycles. The van der Waals surface area contributed by atoms with E-state index in [0.29, 0.717) is 0 Å². The fourth-order valence-corrected chi connectivity index (χ4v) is 9.68. The molecule has 0 N–H and O–H groups in total. The van der Waals surface area contributed by atoms with Crippen molar-refractivity contribution < 1.29 is 0 Å². The van der Waals surface area contributed by atoms with Crippen LogP contribution in [0.25, 0.3) is 72.3 Å². The molecule has 11 aromatic carbocycles. The van der Waals surface area contributed by atoms with E-state index in [-0.39, 0.29) is 0 Å². The van der Waals surface area contributed by atoms with Gasteiger partial charge in [-0.1, -0.05) is 164 Å². The Balaban J connectivity index is 0.925. The van der Waals surface area contributed by atoms with Gasteiger partial charge in [0.05, 0.1) is 11.0 Å². The third kappa shape index (κ3) is 6.87. The third-order valence-electron chi connectivity index (χ3n) is 12.7. The van der Waals surface area contributed by atoms with Crippen LogP contribution < -0.4 is 9.80 Å². The summed E-state index contributed by atoms with van der Waals surface area (Å²) in [5.74, 6) is 0. The van der Waals surface area contributed by atoms with E-state index in [1.165, 1.54) is 60.0 Å². The fourth-order valence-electron chi connectivity index (χ4n) is 9.68. The summed E-state index contributed by atoms with van der Waals surface area (Å²) in [6, 6.07) is 89.5. The standard InChI is InChI=1S/C62H43N3/c1-5-17-49(18-6-1)63(50-19-7-2-8-20-50)54-35-30-46(31-36-54)56-40-42-60-62-58(56)39-38-57-47(32-41-59(61(57)62)65(60)52-23-11-4-12-24-52)28-25-44-26-33-53(34-27-44)64(51-21-9-3-10-22-51)55-37-29-45-15-13-14-16-48(45)43-55/h1-43H. The second-order valence-electron chi connectivity index (χ2n) is 16.6. The van der Waals surface area contributed by atoms with Crippen molar-refractivity contribution in [1.29, 1.82) is 0 Å². The molecule has 0 aliphatic carbocycles. The maximum Gasteiger partial charge on any atom is 0.0547 e. The number of hydrogen-bond acceptors (Lipinski definition) is 2. The molecule has 0 amide bonds. The van der Waals surface area contributed by atoms with Crippen LogP contribution in [0.3, 0.4) is 0 Å². The number of nitrogens with zero attached hydrogens (tertiary/aromatic N) is 3. The van der Waals surface area contributed by atoms with E-state index in [0.717, 1.165) is 45.4 Å². The topological polar surface area (TPSA) is 11.4 Å². The number of benzene rings is 11. The second-order valence-corrected chi connectivity index (χ2v) is 16.6. The molecule has 12 aromatic rings. The van der Waals surface area contributed by atoms with Gasteiger partial charge in [0.2, 0.25) is 0 Å². The van der Waals surface area contributed by atoms with Gasteiger partial charge in [0.25, 0.3) is 0 Å². The van der Waals surface area contributed by atoms with E-state index in [1.807, 2.05) is 0 Å². The van der Waals surface area contributed by atoms with Crippen LogP contribution in [0.5, 0.6) is 0 Å². The van der Waals surface area contributed by atoms with Gasteiger partial charge in [0, 0.05) is 50.6 Å². The van der Waals surface area contributed by atoms with Crippen molar-refractivity contribution in [3.05, 3.63) is 260 Å². The van der Waals surface area contributed by atoms with Gasteiger partial charge in [-0.2, -0.15) is 0 Å². The Hall–Kier alpha value is -8.66. The molecule has 65 heavy (non-hydrogen) atoms. The Kier molecular flexibility index (Phi) is 9.50. The van der Waals surface area contributed by atoms with E-state index in [9.17, 15) is 0 Å². The first kappa shape index (κ1) is 38.0. The molecule has 12 rings (SSSR count). The van der Waals surface area contributed by atoms with Gasteiger partial charge in [-0.05, 0) is 141 Å². The van der Waals surface area contributed by atoms with Gasteiger partial charge in [-0.25, -0.2) is 0 Å². The van der Waals surface area contributed by atoms with Crippen LogP contribution in [0.1, 0.15) is 11.1 Å². The molecule has 306 valence electrons. The van der Waals surface area contributed by atoms with Crippen molar-refractivity contribution in [3.63, 3.8) is 0 Å². The van der Waals surface area contributed by atoms with Crippen LogP contribution in [0.2, 0.25) is 0 Å². The zero-order valence-corrected chi connectivity index (χ0v) is 35.7. The number of aromatic nitrogens is 1. The monoisotopic (exact) mass is 829 g/mol. The number of anilines is 6. The predicted molar refractivity (Wildman–Crippen MR) is 277 cm³/mol. The van der Waals surface area contributed by atoms with Crippen molar-refractivity contribution in [2.45, 2.75) is 0 Å². The van der Waals surface area contributed by atoms with E-state index in [1.54, 1.807) is 0 Å². The largest absolute Gasteiger partial charge is 0.311 e. The summed E-state index contributed by atoms with van der Waals surface area (Å²) in [4.78, 5) is 4.64. The van der Waals surface area contributed by atoms with E-state index >= 15 is 0 Å². The molecule has 0 bridgehead atoms. The van der Waals surface area contributed by atoms with Crippen molar-refractivity contribution >= 4 is 89.6 Å². The molecule has 1 heterocycles. The molecule has 3 nitrogen and oxygen atoms in total. The van der Waals surface area contributed by atoms with Gasteiger partial charge in [0.15, 0.2) is 0 Å². The molecule has 0 unspecified atom stereocenters. The Morgan fingerprint density at radius 2 is 0.800 bits per heavy atom. The quantitative estimate of drug-likeness (QED) is 0.100. The highest BCUT2D eigenvalue weighted by Crippen LogP contribution is 2.45. The van der Waals surface area contributed by atoms with Crippen LogP contribution in [0.15, 0.2) is 249 Å². The van der Waals surface area contributed by atoms with Crippen LogP contribution in [0.4, 0.5) is 34.1 Å². The van der Waals surface area contributed by atoms with Gasteiger partial charge in [-0.15, -0.1) is 0 Å². The molecule has 0 atom stereocenters. The molecule has 0 saturated carbocycles. The second kappa shape index (κ2) is 16.2. The van der Waals surface area contributed by atoms with Crippen LogP contribution in [-0.2, 0) is 0 Å². The normalized spacial score (nSPS) is 11.6. The number of fused-ring (bicyclic) bond motifs is 1. The highest BCUT2D eigenvalue weighted by atomic mass is 15.1. The number of para-hydroxylation sites is 4. The van der Waals surface area contributed by atoms with Crippen LogP contribution >= 0.6 is 0 Å². The van der Waals surface area contributed by atoms with Gasteiger partial charge in [-0.3, -0.25) is 0 Å². The molecular formula is C62H43N3. The summed E-state index contributed by atoms with van der Waals surface area (Å²) in [6.07, 6.45) is 4.52. The molecule has 0 radical (unpaired) electrons. The summed E-state index contributed by atoms with van der Waals surface area (Å²) >= 11 is 0. The highest BCUT2D eigenvalue weighted by Gasteiger charge is 2.21. The minimum Gasteiger partial charge on any atom is -0.311 e.